The first kappa shape index (κ1) is 32.1. The molecular formula is C37H34ClN7O4. The highest BCUT2D eigenvalue weighted by atomic mass is 35.5. The van der Waals surface area contributed by atoms with E-state index in [1.54, 1.807) is 52.8 Å². The van der Waals surface area contributed by atoms with E-state index in [1.807, 2.05) is 42.2 Å². The first-order valence-corrected chi connectivity index (χ1v) is 16.6. The van der Waals surface area contributed by atoms with Gasteiger partial charge in [0.25, 0.3) is 5.91 Å². The molecule has 6 aromatic rings. The zero-order valence-corrected chi connectivity index (χ0v) is 27.9. The molecule has 0 unspecified atom stereocenters. The summed E-state index contributed by atoms with van der Waals surface area (Å²) in [6, 6.07) is 16.4. The maximum Gasteiger partial charge on any atom is 0.312 e. The van der Waals surface area contributed by atoms with Crippen molar-refractivity contribution in [3.8, 4) is 23.1 Å². The number of carbonyl (C=O) groups is 2. The number of methoxy groups -OCH3 is 1. The van der Waals surface area contributed by atoms with Crippen LogP contribution in [0.1, 0.15) is 59.8 Å². The highest BCUT2D eigenvalue weighted by Gasteiger charge is 2.28. The molecule has 11 nitrogen and oxygen atoms in total. The van der Waals surface area contributed by atoms with Gasteiger partial charge in [-0.3, -0.25) is 23.4 Å². The third-order valence-corrected chi connectivity index (χ3v) is 9.79. The number of carbonyl (C=O) groups excluding carboxylic acids is 2. The number of hydrogen-bond donors (Lipinski definition) is 0. The van der Waals surface area contributed by atoms with Crippen molar-refractivity contribution in [1.82, 2.24) is 28.9 Å². The largest absolute Gasteiger partial charge is 0.497 e. The number of esters is 1. The Morgan fingerprint density at radius 2 is 1.88 bits per heavy atom. The van der Waals surface area contributed by atoms with Crippen LogP contribution in [0.15, 0.2) is 73.4 Å². The zero-order valence-electron chi connectivity index (χ0n) is 27.2. The number of halogens is 1. The Bertz CT molecular complexity index is 2220. The fraction of sp³-hybridized carbons (Fsp3) is 0.297. The minimum Gasteiger partial charge on any atom is -0.497 e. The van der Waals surface area contributed by atoms with E-state index < -0.39 is 5.97 Å². The van der Waals surface area contributed by atoms with E-state index in [0.29, 0.717) is 56.8 Å². The van der Waals surface area contributed by atoms with Gasteiger partial charge in [0.1, 0.15) is 17.7 Å². The van der Waals surface area contributed by atoms with Crippen LogP contribution in [-0.2, 0) is 22.7 Å². The van der Waals surface area contributed by atoms with Crippen LogP contribution in [0.4, 0.5) is 0 Å². The van der Waals surface area contributed by atoms with Gasteiger partial charge in [0.05, 0.1) is 49.5 Å². The molecule has 1 aliphatic carbocycles. The Morgan fingerprint density at radius 3 is 2.63 bits per heavy atom. The van der Waals surface area contributed by atoms with E-state index in [1.165, 1.54) is 19.2 Å². The molecule has 2 aromatic carbocycles. The van der Waals surface area contributed by atoms with Crippen molar-refractivity contribution in [2.24, 2.45) is 5.92 Å². The molecule has 1 fully saturated rings. The maximum absolute atomic E-state index is 13.6. The number of nitrogens with zero attached hydrogens (tertiary/aromatic N) is 7. The molecule has 0 amide bonds. The van der Waals surface area contributed by atoms with Crippen molar-refractivity contribution in [2.75, 3.05) is 7.11 Å². The van der Waals surface area contributed by atoms with Crippen molar-refractivity contribution in [1.29, 1.82) is 5.26 Å². The Labute approximate surface area is 287 Å². The smallest absolute Gasteiger partial charge is 0.312 e. The van der Waals surface area contributed by atoms with Gasteiger partial charge in [0.2, 0.25) is 0 Å². The van der Waals surface area contributed by atoms with Gasteiger partial charge in [-0.25, -0.2) is 9.97 Å². The molecular weight excluding hydrogens is 642 g/mol. The number of ether oxygens (including phenoxy) is 2. The van der Waals surface area contributed by atoms with Crippen molar-refractivity contribution in [3.05, 3.63) is 95.3 Å². The summed E-state index contributed by atoms with van der Waals surface area (Å²) in [5.74, 6) is 0.358. The van der Waals surface area contributed by atoms with Crippen molar-refractivity contribution in [3.63, 3.8) is 0 Å². The van der Waals surface area contributed by atoms with Gasteiger partial charge in [0, 0.05) is 45.0 Å². The molecule has 248 valence electrons. The van der Waals surface area contributed by atoms with Crippen molar-refractivity contribution in [2.45, 2.75) is 58.2 Å². The molecule has 4 aromatic heterocycles. The van der Waals surface area contributed by atoms with E-state index in [9.17, 15) is 14.9 Å². The predicted molar refractivity (Wildman–Crippen MR) is 184 cm³/mol. The molecule has 1 saturated carbocycles. The molecule has 0 bridgehead atoms. The Hall–Kier alpha value is -5.47. The van der Waals surface area contributed by atoms with E-state index in [2.05, 4.69) is 21.1 Å². The monoisotopic (exact) mass is 675 g/mol. The summed E-state index contributed by atoms with van der Waals surface area (Å²) in [4.78, 5) is 36.0. The first-order valence-electron chi connectivity index (χ1n) is 16.2. The molecule has 7 rings (SSSR count). The van der Waals surface area contributed by atoms with Crippen LogP contribution in [0.2, 0.25) is 5.02 Å². The van der Waals surface area contributed by atoms with E-state index in [4.69, 9.17) is 21.1 Å². The lowest BCUT2D eigenvalue weighted by Gasteiger charge is -2.21. The minimum atomic E-state index is -0.461. The second-order valence-electron chi connectivity index (χ2n) is 12.3. The lowest BCUT2D eigenvalue weighted by atomic mass is 9.96. The summed E-state index contributed by atoms with van der Waals surface area (Å²) < 4.78 is 16.5. The Balaban J connectivity index is 1.11. The highest BCUT2D eigenvalue weighted by Crippen LogP contribution is 2.37. The number of nitriles is 1. The molecule has 0 radical (unpaired) electrons. The van der Waals surface area contributed by atoms with Gasteiger partial charge in [0.15, 0.2) is 6.73 Å². The summed E-state index contributed by atoms with van der Waals surface area (Å²) in [7, 11) is 1.57. The van der Waals surface area contributed by atoms with Crippen LogP contribution in [0.3, 0.4) is 0 Å². The van der Waals surface area contributed by atoms with Crippen molar-refractivity contribution >= 4 is 45.4 Å². The second-order valence-corrected chi connectivity index (χ2v) is 12.8. The van der Waals surface area contributed by atoms with Crippen LogP contribution < -0.4 is 4.74 Å². The fourth-order valence-electron chi connectivity index (χ4n) is 7.02. The van der Waals surface area contributed by atoms with Gasteiger partial charge in [-0.1, -0.05) is 24.4 Å². The summed E-state index contributed by atoms with van der Waals surface area (Å²) in [5.41, 5.74) is 4.60. The molecule has 0 saturated heterocycles. The van der Waals surface area contributed by atoms with Crippen LogP contribution in [0.25, 0.3) is 33.2 Å². The average Bonchev–Trinajstić information content (AvgIpc) is 3.94. The third-order valence-electron chi connectivity index (χ3n) is 9.54. The number of benzene rings is 2. The lowest BCUT2D eigenvalue weighted by Crippen LogP contribution is -2.17. The molecule has 4 heterocycles. The summed E-state index contributed by atoms with van der Waals surface area (Å²) in [6.07, 6.45) is 12.0. The van der Waals surface area contributed by atoms with Crippen LogP contribution in [0.5, 0.6) is 5.75 Å². The van der Waals surface area contributed by atoms with Crippen molar-refractivity contribution < 1.29 is 19.1 Å². The zero-order chi connectivity index (χ0) is 34.1. The van der Waals surface area contributed by atoms with Crippen LogP contribution in [0, 0.1) is 24.2 Å². The predicted octanol–water partition coefficient (Wildman–Crippen LogP) is 7.30. The maximum atomic E-state index is 13.6. The summed E-state index contributed by atoms with van der Waals surface area (Å²) >= 11 is 6.05. The SMILES string of the molecule is COc1ccc2c(c1)c(CC(=O)OCn1ccc3c(-c4cnn([C@H](CC#N)C5CCCC5)c4)ncnc31)c(C)n2C(=O)c1ccc(Cl)cc1. The topological polar surface area (TPSA) is 130 Å². The molecule has 0 N–H and O–H groups in total. The Morgan fingerprint density at radius 1 is 1.08 bits per heavy atom. The van der Waals surface area contributed by atoms with Gasteiger partial charge >= 0.3 is 5.97 Å². The van der Waals surface area contributed by atoms with Gasteiger partial charge < -0.3 is 9.47 Å². The summed E-state index contributed by atoms with van der Waals surface area (Å²) in [5, 5.41) is 16.2. The molecule has 0 aliphatic heterocycles. The number of fused-ring (bicyclic) bond motifs is 2. The highest BCUT2D eigenvalue weighted by molar-refractivity contribution is 6.30. The normalized spacial score (nSPS) is 13.9. The summed E-state index contributed by atoms with van der Waals surface area (Å²) in [6.45, 7) is 1.76. The second kappa shape index (κ2) is 13.6. The number of rotatable bonds is 10. The van der Waals surface area contributed by atoms with E-state index in [-0.39, 0.29) is 25.1 Å². The Kier molecular flexibility index (Phi) is 8.89. The standard InChI is InChI=1S/C37H34ClN7O4/c1-23-30(31-17-28(48-2)11-12-33(31)45(23)37(47)25-7-9-27(38)10-8-25)18-34(46)49-22-43-16-14-29-35(40-21-41-36(29)43)26-19-42-44(20-26)32(13-15-39)24-5-3-4-6-24/h7-12,14,16-17,19-21,24,32H,3-6,13,18,22H2,1-2H3/t32-/m1/s1. The van der Waals surface area contributed by atoms with Gasteiger partial charge in [-0.15, -0.1) is 0 Å². The quantitative estimate of drug-likeness (QED) is 0.138. The number of aromatic nitrogens is 6. The van der Waals surface area contributed by atoms with Crippen LogP contribution >= 0.6 is 11.6 Å². The van der Waals surface area contributed by atoms with E-state index >= 15 is 0 Å². The molecule has 49 heavy (non-hydrogen) atoms. The average molecular weight is 676 g/mol. The molecule has 1 atom stereocenters. The van der Waals surface area contributed by atoms with Crippen LogP contribution in [-0.4, -0.2) is 47.9 Å². The molecule has 1 aliphatic rings. The van der Waals surface area contributed by atoms with Gasteiger partial charge in [-0.05, 0) is 79.8 Å². The molecule has 0 spiro atoms. The van der Waals surface area contributed by atoms with E-state index in [0.717, 1.165) is 29.2 Å². The molecule has 12 heteroatoms. The first-order chi connectivity index (χ1) is 23.9. The number of hydrogen-bond acceptors (Lipinski definition) is 8. The minimum absolute atomic E-state index is 0.0388. The third kappa shape index (κ3) is 6.16. The van der Waals surface area contributed by atoms with Gasteiger partial charge in [-0.2, -0.15) is 10.4 Å². The lowest BCUT2D eigenvalue weighted by molar-refractivity contribution is -0.146. The fourth-order valence-corrected chi connectivity index (χ4v) is 7.15.